The van der Waals surface area contributed by atoms with Crippen molar-refractivity contribution in [3.8, 4) is 6.01 Å². The summed E-state index contributed by atoms with van der Waals surface area (Å²) in [5, 5.41) is 9.04. The number of nitrogens with two attached hydrogens (primary N) is 1. The molecule has 3 rings (SSSR count). The average molecular weight is 420 g/mol. The van der Waals surface area contributed by atoms with E-state index in [1.807, 2.05) is 0 Å². The Morgan fingerprint density at radius 2 is 1.93 bits per heavy atom. The number of aliphatic hydroxyl groups excluding tert-OH is 1. The average Bonchev–Trinajstić information content (AvgIpc) is 3.05. The topological polar surface area (TPSA) is 105 Å². The van der Waals surface area contributed by atoms with Crippen LogP contribution in [0, 0.1) is 5.92 Å². The monoisotopic (exact) mass is 419 g/mol. The van der Waals surface area contributed by atoms with Crippen LogP contribution in [0.25, 0.3) is 0 Å². The van der Waals surface area contributed by atoms with E-state index in [0.29, 0.717) is 24.8 Å². The molecule has 3 heterocycles. The number of hydrogen-bond donors (Lipinski definition) is 2. The number of rotatable bonds is 12. The standard InChI is InChI=1S/C22H37N5O3/c1-2-3-15-30-22-24-20(23)18-16-19(29)27(21(18)25-22)10-6-4-5-7-17-8-11-26(12-9-17)13-14-28/h17,28H,2-16H2,1H3,(H2,23,24,25). The number of unbranched alkanes of at least 4 members (excludes halogenated alkanes) is 3. The number of ether oxygens (including phenoxy) is 1. The van der Waals surface area contributed by atoms with E-state index in [1.165, 1.54) is 25.7 Å². The fourth-order valence-corrected chi connectivity index (χ4v) is 4.35. The number of piperidine rings is 1. The van der Waals surface area contributed by atoms with Crippen molar-refractivity contribution in [1.29, 1.82) is 0 Å². The van der Waals surface area contributed by atoms with Gasteiger partial charge in [-0.2, -0.15) is 9.97 Å². The molecule has 0 unspecified atom stereocenters. The number of hydrogen-bond acceptors (Lipinski definition) is 7. The maximum absolute atomic E-state index is 12.5. The van der Waals surface area contributed by atoms with Gasteiger partial charge in [0, 0.05) is 18.7 Å². The number of carbonyl (C=O) groups excluding carboxylic acids is 1. The Balaban J connectivity index is 1.42. The molecule has 0 bridgehead atoms. The Morgan fingerprint density at radius 3 is 2.67 bits per heavy atom. The molecule has 1 amide bonds. The van der Waals surface area contributed by atoms with Crippen molar-refractivity contribution in [2.45, 2.75) is 64.7 Å². The summed E-state index contributed by atoms with van der Waals surface area (Å²) in [5.41, 5.74) is 6.80. The van der Waals surface area contributed by atoms with Crippen LogP contribution in [0.1, 0.15) is 63.9 Å². The number of likely N-dealkylation sites (tertiary alicyclic amines) is 1. The van der Waals surface area contributed by atoms with Crippen molar-refractivity contribution < 1.29 is 14.6 Å². The number of fused-ring (bicyclic) bond motifs is 1. The minimum Gasteiger partial charge on any atom is -0.463 e. The molecule has 2 aliphatic rings. The van der Waals surface area contributed by atoms with Gasteiger partial charge in [0.15, 0.2) is 0 Å². The maximum atomic E-state index is 12.5. The van der Waals surface area contributed by atoms with Crippen molar-refractivity contribution in [2.75, 3.05) is 50.0 Å². The molecule has 1 fully saturated rings. The number of β-amino-alcohol motifs (C(OH)–C–C–N with tert-alkyl or cyclic N) is 1. The Hall–Kier alpha value is -1.93. The number of carbonyl (C=O) groups is 1. The van der Waals surface area contributed by atoms with E-state index < -0.39 is 0 Å². The summed E-state index contributed by atoms with van der Waals surface area (Å²) in [6.45, 7) is 6.60. The predicted molar refractivity (Wildman–Crippen MR) is 118 cm³/mol. The Kier molecular flexibility index (Phi) is 8.69. The molecule has 0 atom stereocenters. The second-order valence-corrected chi connectivity index (χ2v) is 8.48. The lowest BCUT2D eigenvalue weighted by Crippen LogP contribution is -2.35. The number of aromatic nitrogens is 2. The number of nitrogens with zero attached hydrogens (tertiary/aromatic N) is 4. The second-order valence-electron chi connectivity index (χ2n) is 8.48. The van der Waals surface area contributed by atoms with Gasteiger partial charge in [0.25, 0.3) is 0 Å². The van der Waals surface area contributed by atoms with Crippen molar-refractivity contribution in [3.63, 3.8) is 0 Å². The zero-order valence-corrected chi connectivity index (χ0v) is 18.3. The number of aliphatic hydroxyl groups is 1. The molecule has 168 valence electrons. The molecular formula is C22H37N5O3. The van der Waals surface area contributed by atoms with Crippen LogP contribution in [0.5, 0.6) is 6.01 Å². The lowest BCUT2D eigenvalue weighted by molar-refractivity contribution is -0.117. The van der Waals surface area contributed by atoms with E-state index in [9.17, 15) is 4.79 Å². The summed E-state index contributed by atoms with van der Waals surface area (Å²) in [7, 11) is 0. The molecule has 0 aromatic carbocycles. The van der Waals surface area contributed by atoms with E-state index in [2.05, 4.69) is 21.8 Å². The molecule has 3 N–H and O–H groups in total. The molecule has 0 aliphatic carbocycles. The first-order valence-corrected chi connectivity index (χ1v) is 11.5. The summed E-state index contributed by atoms with van der Waals surface area (Å²) in [6, 6.07) is 0.270. The summed E-state index contributed by atoms with van der Waals surface area (Å²) in [6.07, 6.45) is 9.23. The minimum absolute atomic E-state index is 0.0490. The molecule has 0 radical (unpaired) electrons. The highest BCUT2D eigenvalue weighted by atomic mass is 16.5. The molecule has 0 spiro atoms. The fraction of sp³-hybridized carbons (Fsp3) is 0.773. The third-order valence-corrected chi connectivity index (χ3v) is 6.23. The van der Waals surface area contributed by atoms with Gasteiger partial charge >= 0.3 is 6.01 Å². The molecule has 1 aromatic rings. The van der Waals surface area contributed by atoms with Crippen molar-refractivity contribution >= 4 is 17.5 Å². The van der Waals surface area contributed by atoms with Crippen LogP contribution >= 0.6 is 0 Å². The molecule has 1 saturated heterocycles. The second kappa shape index (κ2) is 11.5. The van der Waals surface area contributed by atoms with Crippen LogP contribution in [0.15, 0.2) is 0 Å². The van der Waals surface area contributed by atoms with Crippen LogP contribution in [0.2, 0.25) is 0 Å². The van der Waals surface area contributed by atoms with Crippen LogP contribution in [0.4, 0.5) is 11.6 Å². The van der Waals surface area contributed by atoms with Gasteiger partial charge in [-0.15, -0.1) is 0 Å². The van der Waals surface area contributed by atoms with Gasteiger partial charge in [0.05, 0.1) is 19.6 Å². The highest BCUT2D eigenvalue weighted by molar-refractivity contribution is 6.01. The first-order valence-electron chi connectivity index (χ1n) is 11.5. The quantitative estimate of drug-likeness (QED) is 0.501. The third-order valence-electron chi connectivity index (χ3n) is 6.23. The van der Waals surface area contributed by atoms with Crippen LogP contribution in [0.3, 0.4) is 0 Å². The van der Waals surface area contributed by atoms with Gasteiger partial charge in [-0.05, 0) is 44.7 Å². The molecule has 1 aromatic heterocycles. The number of anilines is 2. The molecule has 30 heavy (non-hydrogen) atoms. The maximum Gasteiger partial charge on any atom is 0.320 e. The van der Waals surface area contributed by atoms with Gasteiger partial charge < -0.3 is 20.5 Å². The van der Waals surface area contributed by atoms with Crippen LogP contribution in [-0.2, 0) is 11.2 Å². The zero-order valence-electron chi connectivity index (χ0n) is 18.3. The molecule has 2 aliphatic heterocycles. The van der Waals surface area contributed by atoms with E-state index in [1.54, 1.807) is 4.90 Å². The van der Waals surface area contributed by atoms with Gasteiger partial charge in [-0.1, -0.05) is 32.6 Å². The van der Waals surface area contributed by atoms with Crippen molar-refractivity contribution in [1.82, 2.24) is 14.9 Å². The minimum atomic E-state index is 0.0490. The summed E-state index contributed by atoms with van der Waals surface area (Å²) < 4.78 is 5.61. The molecule has 0 saturated carbocycles. The Labute approximate surface area is 179 Å². The van der Waals surface area contributed by atoms with E-state index >= 15 is 0 Å². The highest BCUT2D eigenvalue weighted by Gasteiger charge is 2.31. The SMILES string of the molecule is CCCCOc1nc(N)c2c(n1)N(CCCCCC1CCN(CCO)CC1)C(=O)C2. The molecule has 8 heteroatoms. The fourth-order valence-electron chi connectivity index (χ4n) is 4.35. The first kappa shape index (κ1) is 22.7. The molecular weight excluding hydrogens is 382 g/mol. The first-order chi connectivity index (χ1) is 14.6. The summed E-state index contributed by atoms with van der Waals surface area (Å²) in [4.78, 5) is 25.3. The van der Waals surface area contributed by atoms with Gasteiger partial charge in [0.1, 0.15) is 11.6 Å². The van der Waals surface area contributed by atoms with Gasteiger partial charge in [0.2, 0.25) is 5.91 Å². The largest absolute Gasteiger partial charge is 0.463 e. The van der Waals surface area contributed by atoms with Crippen LogP contribution < -0.4 is 15.4 Å². The Morgan fingerprint density at radius 1 is 1.13 bits per heavy atom. The third kappa shape index (κ3) is 6.04. The van der Waals surface area contributed by atoms with E-state index in [0.717, 1.165) is 56.8 Å². The van der Waals surface area contributed by atoms with Crippen LogP contribution in [-0.4, -0.2) is 65.3 Å². The zero-order chi connectivity index (χ0) is 21.3. The normalized spacial score (nSPS) is 17.5. The van der Waals surface area contributed by atoms with E-state index in [-0.39, 0.29) is 24.9 Å². The number of amides is 1. The lowest BCUT2D eigenvalue weighted by atomic mass is 9.91. The molecule has 8 nitrogen and oxygen atoms in total. The number of nitrogen functional groups attached to an aromatic ring is 1. The lowest BCUT2D eigenvalue weighted by Gasteiger charge is -2.31. The van der Waals surface area contributed by atoms with Crippen molar-refractivity contribution in [2.24, 2.45) is 5.92 Å². The Bertz CT molecular complexity index is 692. The predicted octanol–water partition coefficient (Wildman–Crippen LogP) is 2.39. The smallest absolute Gasteiger partial charge is 0.320 e. The van der Waals surface area contributed by atoms with Gasteiger partial charge in [-0.3, -0.25) is 9.69 Å². The van der Waals surface area contributed by atoms with Crippen molar-refractivity contribution in [3.05, 3.63) is 5.56 Å². The van der Waals surface area contributed by atoms with Gasteiger partial charge in [-0.25, -0.2) is 0 Å². The summed E-state index contributed by atoms with van der Waals surface area (Å²) in [5.74, 6) is 1.84. The highest BCUT2D eigenvalue weighted by Crippen LogP contribution is 2.32. The van der Waals surface area contributed by atoms with E-state index in [4.69, 9.17) is 15.6 Å². The summed E-state index contributed by atoms with van der Waals surface area (Å²) >= 11 is 0.